The lowest BCUT2D eigenvalue weighted by molar-refractivity contribution is 0.0407. The minimum absolute atomic E-state index is 0.306. The van der Waals surface area contributed by atoms with Gasteiger partial charge in [-0.05, 0) is 31.4 Å². The van der Waals surface area contributed by atoms with Gasteiger partial charge >= 0.3 is 0 Å². The molecule has 1 aliphatic carbocycles. The summed E-state index contributed by atoms with van der Waals surface area (Å²) in [5, 5.41) is 3.55. The highest BCUT2D eigenvalue weighted by Crippen LogP contribution is 2.20. The third kappa shape index (κ3) is 3.45. The van der Waals surface area contributed by atoms with Gasteiger partial charge < -0.3 is 15.0 Å². The molecule has 1 N–H and O–H groups in total. The van der Waals surface area contributed by atoms with Crippen molar-refractivity contribution >= 4 is 5.69 Å². The van der Waals surface area contributed by atoms with Crippen LogP contribution in [0.15, 0.2) is 18.3 Å². The minimum Gasteiger partial charge on any atom is -0.373 e. The highest BCUT2D eigenvalue weighted by molar-refractivity contribution is 5.45. The van der Waals surface area contributed by atoms with Crippen LogP contribution in [0.3, 0.4) is 0 Å². The Labute approximate surface area is 115 Å². The number of morpholine rings is 1. The fourth-order valence-electron chi connectivity index (χ4n) is 2.48. The Morgan fingerprint density at radius 3 is 3.00 bits per heavy atom. The van der Waals surface area contributed by atoms with E-state index in [-0.39, 0.29) is 0 Å². The van der Waals surface area contributed by atoms with E-state index in [1.54, 1.807) is 0 Å². The van der Waals surface area contributed by atoms with Crippen molar-refractivity contribution in [1.29, 1.82) is 0 Å². The maximum Gasteiger partial charge on any atom is 0.0874 e. The van der Waals surface area contributed by atoms with Crippen LogP contribution in [0.1, 0.15) is 25.5 Å². The summed E-state index contributed by atoms with van der Waals surface area (Å²) >= 11 is 0. The number of hydrogen-bond acceptors (Lipinski definition) is 4. The molecular weight excluding hydrogens is 238 g/mol. The van der Waals surface area contributed by atoms with Crippen LogP contribution in [0.4, 0.5) is 5.69 Å². The summed E-state index contributed by atoms with van der Waals surface area (Å²) in [5.41, 5.74) is 2.38. The van der Waals surface area contributed by atoms with Gasteiger partial charge in [0.1, 0.15) is 0 Å². The summed E-state index contributed by atoms with van der Waals surface area (Å²) in [6.45, 7) is 5.85. The molecule has 0 radical (unpaired) electrons. The standard InChI is InChI=1S/C15H23N3O/c1-2-12-5-6-14(9-16-12)18-7-8-19-15(11-18)10-17-13-3-4-13/h5-6,9,13,15,17H,2-4,7-8,10-11H2,1H3/t15-/m0/s1. The molecule has 4 heteroatoms. The third-order valence-corrected chi connectivity index (χ3v) is 3.89. The van der Waals surface area contributed by atoms with E-state index in [0.717, 1.165) is 44.4 Å². The van der Waals surface area contributed by atoms with Crippen LogP contribution in [-0.2, 0) is 11.2 Å². The lowest BCUT2D eigenvalue weighted by Gasteiger charge is -2.34. The number of nitrogens with one attached hydrogen (secondary N) is 1. The van der Waals surface area contributed by atoms with Gasteiger partial charge in [-0.15, -0.1) is 0 Å². The van der Waals surface area contributed by atoms with E-state index in [2.05, 4.69) is 34.3 Å². The molecule has 104 valence electrons. The van der Waals surface area contributed by atoms with E-state index >= 15 is 0 Å². The number of anilines is 1. The zero-order chi connectivity index (χ0) is 13.1. The number of rotatable bonds is 5. The van der Waals surface area contributed by atoms with Crippen LogP contribution in [0, 0.1) is 0 Å². The minimum atomic E-state index is 0.306. The second kappa shape index (κ2) is 5.88. The topological polar surface area (TPSA) is 37.4 Å². The SMILES string of the molecule is CCc1ccc(N2CCO[C@@H](CNC3CC3)C2)cn1. The molecule has 2 aliphatic rings. The van der Waals surface area contributed by atoms with E-state index < -0.39 is 0 Å². The quantitative estimate of drug-likeness (QED) is 0.873. The first-order valence-corrected chi connectivity index (χ1v) is 7.40. The number of nitrogens with zero attached hydrogens (tertiary/aromatic N) is 2. The zero-order valence-corrected chi connectivity index (χ0v) is 11.6. The third-order valence-electron chi connectivity index (χ3n) is 3.89. The van der Waals surface area contributed by atoms with Crippen molar-refractivity contribution in [2.75, 3.05) is 31.1 Å². The highest BCUT2D eigenvalue weighted by atomic mass is 16.5. The fraction of sp³-hybridized carbons (Fsp3) is 0.667. The first kappa shape index (κ1) is 12.9. The van der Waals surface area contributed by atoms with Gasteiger partial charge in [-0.2, -0.15) is 0 Å². The molecule has 2 heterocycles. The van der Waals surface area contributed by atoms with Gasteiger partial charge in [0.25, 0.3) is 0 Å². The van der Waals surface area contributed by atoms with E-state index in [0.29, 0.717) is 6.10 Å². The van der Waals surface area contributed by atoms with E-state index in [1.165, 1.54) is 18.5 Å². The van der Waals surface area contributed by atoms with Crippen LogP contribution in [0.5, 0.6) is 0 Å². The molecule has 19 heavy (non-hydrogen) atoms. The average molecular weight is 261 g/mol. The zero-order valence-electron chi connectivity index (χ0n) is 11.6. The maximum absolute atomic E-state index is 5.83. The van der Waals surface area contributed by atoms with Gasteiger partial charge in [-0.3, -0.25) is 4.98 Å². The van der Waals surface area contributed by atoms with Gasteiger partial charge in [-0.25, -0.2) is 0 Å². The monoisotopic (exact) mass is 261 g/mol. The van der Waals surface area contributed by atoms with E-state index in [9.17, 15) is 0 Å². The van der Waals surface area contributed by atoms with Crippen molar-refractivity contribution in [3.63, 3.8) is 0 Å². The molecule has 1 saturated heterocycles. The number of ether oxygens (including phenoxy) is 1. The Hall–Kier alpha value is -1.13. The van der Waals surface area contributed by atoms with Gasteiger partial charge in [0.2, 0.25) is 0 Å². The number of pyridine rings is 1. The molecule has 4 nitrogen and oxygen atoms in total. The van der Waals surface area contributed by atoms with Crippen LogP contribution >= 0.6 is 0 Å². The predicted molar refractivity (Wildman–Crippen MR) is 76.6 cm³/mol. The van der Waals surface area contributed by atoms with Crippen LogP contribution in [-0.4, -0.2) is 43.4 Å². The van der Waals surface area contributed by atoms with E-state index in [4.69, 9.17) is 4.74 Å². The number of aryl methyl sites for hydroxylation is 1. The summed E-state index contributed by atoms with van der Waals surface area (Å²) in [5.74, 6) is 0. The Bertz CT molecular complexity index is 402. The molecule has 1 atom stereocenters. The molecule has 0 spiro atoms. The lowest BCUT2D eigenvalue weighted by Crippen LogP contribution is -2.47. The molecule has 0 amide bonds. The Morgan fingerprint density at radius 1 is 1.42 bits per heavy atom. The van der Waals surface area contributed by atoms with Crippen LogP contribution in [0.2, 0.25) is 0 Å². The molecule has 1 aliphatic heterocycles. The first-order chi connectivity index (χ1) is 9.35. The second-order valence-corrected chi connectivity index (χ2v) is 5.48. The van der Waals surface area contributed by atoms with Crippen molar-refractivity contribution in [1.82, 2.24) is 10.3 Å². The fourth-order valence-corrected chi connectivity index (χ4v) is 2.48. The average Bonchev–Trinajstić information content (AvgIpc) is 3.30. The van der Waals surface area contributed by atoms with Gasteiger partial charge in [0.05, 0.1) is 24.6 Å². The Morgan fingerprint density at radius 2 is 2.32 bits per heavy atom. The second-order valence-electron chi connectivity index (χ2n) is 5.48. The van der Waals surface area contributed by atoms with Crippen molar-refractivity contribution in [3.8, 4) is 0 Å². The van der Waals surface area contributed by atoms with Gasteiger partial charge in [0, 0.05) is 31.4 Å². The molecule has 0 unspecified atom stereocenters. The molecule has 0 aromatic carbocycles. The van der Waals surface area contributed by atoms with E-state index in [1.807, 2.05) is 6.20 Å². The summed E-state index contributed by atoms with van der Waals surface area (Å²) in [6.07, 6.45) is 5.96. The van der Waals surface area contributed by atoms with Crippen LogP contribution < -0.4 is 10.2 Å². The molecule has 1 aromatic rings. The number of hydrogen-bond donors (Lipinski definition) is 1. The summed E-state index contributed by atoms with van der Waals surface area (Å²) in [4.78, 5) is 6.87. The van der Waals surface area contributed by atoms with Gasteiger partial charge in [0.15, 0.2) is 0 Å². The molecule has 1 aromatic heterocycles. The van der Waals surface area contributed by atoms with Gasteiger partial charge in [-0.1, -0.05) is 6.92 Å². The molecule has 1 saturated carbocycles. The predicted octanol–water partition coefficient (Wildman–Crippen LogP) is 1.60. The summed E-state index contributed by atoms with van der Waals surface area (Å²) in [7, 11) is 0. The Kier molecular flexibility index (Phi) is 3.99. The summed E-state index contributed by atoms with van der Waals surface area (Å²) in [6, 6.07) is 5.06. The first-order valence-electron chi connectivity index (χ1n) is 7.40. The normalized spacial score (nSPS) is 23.6. The smallest absolute Gasteiger partial charge is 0.0874 e. The largest absolute Gasteiger partial charge is 0.373 e. The van der Waals surface area contributed by atoms with Crippen molar-refractivity contribution in [3.05, 3.63) is 24.0 Å². The van der Waals surface area contributed by atoms with Crippen molar-refractivity contribution in [2.45, 2.75) is 38.3 Å². The molecule has 3 rings (SSSR count). The lowest BCUT2D eigenvalue weighted by atomic mass is 10.2. The molecular formula is C15H23N3O. The maximum atomic E-state index is 5.83. The number of aromatic nitrogens is 1. The Balaban J connectivity index is 1.56. The molecule has 0 bridgehead atoms. The summed E-state index contributed by atoms with van der Waals surface area (Å²) < 4.78 is 5.83. The van der Waals surface area contributed by atoms with Crippen LogP contribution in [0.25, 0.3) is 0 Å². The molecule has 2 fully saturated rings. The van der Waals surface area contributed by atoms with Crippen molar-refractivity contribution < 1.29 is 4.74 Å². The van der Waals surface area contributed by atoms with Crippen molar-refractivity contribution in [2.24, 2.45) is 0 Å². The highest BCUT2D eigenvalue weighted by Gasteiger charge is 2.25.